The molecule has 1 N–H and O–H groups in total. The number of benzene rings is 2. The summed E-state index contributed by atoms with van der Waals surface area (Å²) >= 11 is 0. The van der Waals surface area contributed by atoms with Crippen molar-refractivity contribution in [2.24, 2.45) is 0 Å². The van der Waals surface area contributed by atoms with E-state index in [9.17, 15) is 10.1 Å². The molecule has 0 radical (unpaired) electrons. The Labute approximate surface area is 175 Å². The Kier molecular flexibility index (Phi) is 7.19. The average Bonchev–Trinajstić information content (AvgIpc) is 2.77. The summed E-state index contributed by atoms with van der Waals surface area (Å²) in [5.41, 5.74) is 2.12. The molecule has 1 aromatic heterocycles. The van der Waals surface area contributed by atoms with Gasteiger partial charge in [-0.05, 0) is 37.1 Å². The fourth-order valence-corrected chi connectivity index (χ4v) is 3.17. The predicted molar refractivity (Wildman–Crippen MR) is 117 cm³/mol. The van der Waals surface area contributed by atoms with Gasteiger partial charge in [-0.2, -0.15) is 0 Å². The van der Waals surface area contributed by atoms with Gasteiger partial charge >= 0.3 is 5.69 Å². The summed E-state index contributed by atoms with van der Waals surface area (Å²) in [4.78, 5) is 15.4. The van der Waals surface area contributed by atoms with Crippen LogP contribution in [0.4, 0.5) is 11.4 Å². The molecule has 7 heteroatoms. The molecule has 0 bridgehead atoms. The van der Waals surface area contributed by atoms with Crippen molar-refractivity contribution in [2.75, 3.05) is 25.1 Å². The van der Waals surface area contributed by atoms with E-state index < -0.39 is 4.92 Å². The molecule has 3 aromatic rings. The van der Waals surface area contributed by atoms with Crippen LogP contribution in [0.5, 0.6) is 5.75 Å². The summed E-state index contributed by atoms with van der Waals surface area (Å²) in [5.74, 6) is 3.13. The van der Waals surface area contributed by atoms with Gasteiger partial charge in [-0.1, -0.05) is 36.3 Å². The molecule has 3 rings (SSSR count). The molecule has 2 aromatic carbocycles. The van der Waals surface area contributed by atoms with E-state index in [0.29, 0.717) is 42.0 Å². The first-order valence-corrected chi connectivity index (χ1v) is 9.64. The molecular weight excluding hydrogens is 382 g/mol. The minimum absolute atomic E-state index is 0.0618. The number of hydrogen-bond acceptors (Lipinski definition) is 6. The van der Waals surface area contributed by atoms with Gasteiger partial charge in [-0.3, -0.25) is 10.1 Å². The summed E-state index contributed by atoms with van der Waals surface area (Å²) in [7, 11) is 0. The largest absolute Gasteiger partial charge is 0.481 e. The Morgan fingerprint density at radius 1 is 1.23 bits per heavy atom. The van der Waals surface area contributed by atoms with Crippen molar-refractivity contribution in [3.8, 4) is 18.1 Å². The minimum Gasteiger partial charge on any atom is -0.481 e. The number of hydrogen-bond donors (Lipinski definition) is 1. The maximum absolute atomic E-state index is 11.6. The van der Waals surface area contributed by atoms with E-state index in [4.69, 9.17) is 15.9 Å². The van der Waals surface area contributed by atoms with Gasteiger partial charge in [-0.25, -0.2) is 4.98 Å². The van der Waals surface area contributed by atoms with Gasteiger partial charge in [0, 0.05) is 12.0 Å². The second-order valence-corrected chi connectivity index (χ2v) is 6.63. The van der Waals surface area contributed by atoms with Crippen LogP contribution in [0, 0.1) is 22.5 Å². The lowest BCUT2D eigenvalue weighted by Gasteiger charge is -2.21. The molecule has 0 fully saturated rings. The van der Waals surface area contributed by atoms with Crippen LogP contribution < -0.4 is 10.1 Å². The van der Waals surface area contributed by atoms with Crippen LogP contribution in [-0.4, -0.2) is 35.8 Å². The number of nitrogens with zero attached hydrogens (tertiary/aromatic N) is 2. The number of nitro groups is 1. The zero-order valence-corrected chi connectivity index (χ0v) is 16.7. The third kappa shape index (κ3) is 5.25. The van der Waals surface area contributed by atoms with Crippen LogP contribution in [0.2, 0.25) is 0 Å². The Balaban J connectivity index is 1.87. The monoisotopic (exact) mass is 405 g/mol. The molecule has 0 aliphatic rings. The van der Waals surface area contributed by atoms with Gasteiger partial charge in [0.05, 0.1) is 23.1 Å². The molecule has 0 aliphatic carbocycles. The normalized spacial score (nSPS) is 11.6. The number of ether oxygens (including phenoxy) is 2. The first kappa shape index (κ1) is 21.1. The third-order valence-corrected chi connectivity index (χ3v) is 4.55. The number of rotatable bonds is 10. The molecule has 0 amide bonds. The van der Waals surface area contributed by atoms with E-state index in [1.54, 1.807) is 0 Å². The number of fused-ring (bicyclic) bond motifs is 1. The Morgan fingerprint density at radius 3 is 2.70 bits per heavy atom. The molecule has 0 saturated heterocycles. The lowest BCUT2D eigenvalue weighted by Crippen LogP contribution is -2.28. The van der Waals surface area contributed by atoms with Gasteiger partial charge in [0.25, 0.3) is 0 Å². The first-order valence-electron chi connectivity index (χ1n) is 9.64. The van der Waals surface area contributed by atoms with Crippen molar-refractivity contribution in [1.82, 2.24) is 4.98 Å². The maximum atomic E-state index is 11.6. The zero-order valence-electron chi connectivity index (χ0n) is 16.7. The Morgan fingerprint density at radius 2 is 2.00 bits per heavy atom. The van der Waals surface area contributed by atoms with E-state index in [2.05, 4.69) is 16.2 Å². The summed E-state index contributed by atoms with van der Waals surface area (Å²) in [5, 5.41) is 15.6. The maximum Gasteiger partial charge on any atom is 0.311 e. The first-order chi connectivity index (χ1) is 14.6. The number of nitrogens with one attached hydrogen (secondary N) is 1. The number of para-hydroxylation sites is 1. The average molecular weight is 405 g/mol. The van der Waals surface area contributed by atoms with Crippen LogP contribution in [0.25, 0.3) is 10.9 Å². The molecule has 154 valence electrons. The standard InChI is InChI=1S/C23H23N3O4/c1-3-13-30-19-11-9-17(10-12-19)14-18(16-29-4-2)25-23-20-7-5-6-8-21(20)24-15-22(23)26(27)28/h1,5-12,15,18H,4,13-14,16H2,2H3,(H,24,25)/t18-/m0/s1. The molecule has 0 unspecified atom stereocenters. The number of terminal acetylenes is 1. The lowest BCUT2D eigenvalue weighted by molar-refractivity contribution is -0.384. The second kappa shape index (κ2) is 10.2. The quantitative estimate of drug-likeness (QED) is 0.309. The van der Waals surface area contributed by atoms with Crippen LogP contribution in [0.15, 0.2) is 54.7 Å². The van der Waals surface area contributed by atoms with Crippen molar-refractivity contribution in [3.05, 3.63) is 70.4 Å². The molecule has 1 atom stereocenters. The highest BCUT2D eigenvalue weighted by Crippen LogP contribution is 2.32. The van der Waals surface area contributed by atoms with Gasteiger partial charge < -0.3 is 14.8 Å². The molecule has 0 spiro atoms. The van der Waals surface area contributed by atoms with Gasteiger partial charge in [0.2, 0.25) is 0 Å². The number of pyridine rings is 1. The van der Waals surface area contributed by atoms with E-state index in [-0.39, 0.29) is 18.3 Å². The number of aromatic nitrogens is 1. The van der Waals surface area contributed by atoms with Gasteiger partial charge in [0.1, 0.15) is 24.2 Å². The molecule has 30 heavy (non-hydrogen) atoms. The fourth-order valence-electron chi connectivity index (χ4n) is 3.17. The van der Waals surface area contributed by atoms with Crippen molar-refractivity contribution in [2.45, 2.75) is 19.4 Å². The molecule has 0 saturated carbocycles. The summed E-state index contributed by atoms with van der Waals surface area (Å²) < 4.78 is 11.0. The van der Waals surface area contributed by atoms with Crippen LogP contribution in [-0.2, 0) is 11.2 Å². The molecule has 7 nitrogen and oxygen atoms in total. The van der Waals surface area contributed by atoms with Gasteiger partial charge in [0.15, 0.2) is 0 Å². The molecule has 0 aliphatic heterocycles. The second-order valence-electron chi connectivity index (χ2n) is 6.63. The van der Waals surface area contributed by atoms with Crippen LogP contribution in [0.1, 0.15) is 12.5 Å². The van der Waals surface area contributed by atoms with Gasteiger partial charge in [-0.15, -0.1) is 6.42 Å². The van der Waals surface area contributed by atoms with E-state index in [1.165, 1.54) is 6.20 Å². The highest BCUT2D eigenvalue weighted by molar-refractivity contribution is 5.95. The van der Waals surface area contributed by atoms with Crippen LogP contribution in [0.3, 0.4) is 0 Å². The summed E-state index contributed by atoms with van der Waals surface area (Å²) in [6, 6.07) is 14.8. The summed E-state index contributed by atoms with van der Waals surface area (Å²) in [6.45, 7) is 3.08. The molecular formula is C23H23N3O4. The fraction of sp³-hybridized carbons (Fsp3) is 0.261. The Bertz CT molecular complexity index is 1040. The van der Waals surface area contributed by atoms with Crippen molar-refractivity contribution in [3.63, 3.8) is 0 Å². The lowest BCUT2D eigenvalue weighted by atomic mass is 10.0. The van der Waals surface area contributed by atoms with Crippen molar-refractivity contribution < 1.29 is 14.4 Å². The molecule has 1 heterocycles. The SMILES string of the molecule is C#CCOc1ccc(C[C@@H](COCC)Nc2c([N+](=O)[O-])cnc3ccccc23)cc1. The highest BCUT2D eigenvalue weighted by atomic mass is 16.6. The minimum atomic E-state index is -0.420. The van der Waals surface area contributed by atoms with Crippen molar-refractivity contribution in [1.29, 1.82) is 0 Å². The Hall–Kier alpha value is -3.63. The highest BCUT2D eigenvalue weighted by Gasteiger charge is 2.21. The van der Waals surface area contributed by atoms with E-state index in [1.807, 2.05) is 55.5 Å². The smallest absolute Gasteiger partial charge is 0.311 e. The number of anilines is 1. The third-order valence-electron chi connectivity index (χ3n) is 4.55. The van der Waals surface area contributed by atoms with Crippen molar-refractivity contribution >= 4 is 22.3 Å². The van der Waals surface area contributed by atoms with E-state index >= 15 is 0 Å². The predicted octanol–water partition coefficient (Wildman–Crippen LogP) is 4.21. The van der Waals surface area contributed by atoms with E-state index in [0.717, 1.165) is 5.56 Å². The zero-order chi connectivity index (χ0) is 21.3. The summed E-state index contributed by atoms with van der Waals surface area (Å²) in [6.07, 6.45) is 7.12. The van der Waals surface area contributed by atoms with Crippen LogP contribution >= 0.6 is 0 Å². The topological polar surface area (TPSA) is 86.5 Å².